The standard InChI is InChI=1S/C17H28N2/c1-11-9-13(17(6,7)8)10-14(18)15(11)19-12(2)16(3,4)5/h9-10H,18H2,1-8H3. The van der Waals surface area contributed by atoms with Gasteiger partial charge in [0.25, 0.3) is 0 Å². The topological polar surface area (TPSA) is 38.4 Å². The predicted molar refractivity (Wildman–Crippen MR) is 86.5 cm³/mol. The number of anilines is 1. The molecule has 0 saturated heterocycles. The van der Waals surface area contributed by atoms with Gasteiger partial charge in [-0.1, -0.05) is 47.6 Å². The van der Waals surface area contributed by atoms with Gasteiger partial charge >= 0.3 is 0 Å². The third-order valence-electron chi connectivity index (χ3n) is 3.56. The molecule has 1 rings (SSSR count). The summed E-state index contributed by atoms with van der Waals surface area (Å²) < 4.78 is 0. The Kier molecular flexibility index (Phi) is 4.14. The van der Waals surface area contributed by atoms with Gasteiger partial charge in [-0.25, -0.2) is 0 Å². The summed E-state index contributed by atoms with van der Waals surface area (Å²) in [5, 5.41) is 0. The Morgan fingerprint density at radius 2 is 1.58 bits per heavy atom. The average Bonchev–Trinajstić information content (AvgIpc) is 2.19. The largest absolute Gasteiger partial charge is 0.397 e. The monoisotopic (exact) mass is 260 g/mol. The molecule has 0 spiro atoms. The van der Waals surface area contributed by atoms with E-state index < -0.39 is 0 Å². The molecule has 2 N–H and O–H groups in total. The van der Waals surface area contributed by atoms with E-state index in [-0.39, 0.29) is 10.8 Å². The van der Waals surface area contributed by atoms with Crippen LogP contribution in [0.3, 0.4) is 0 Å². The van der Waals surface area contributed by atoms with Gasteiger partial charge in [-0.2, -0.15) is 0 Å². The first-order valence-electron chi connectivity index (χ1n) is 6.89. The fourth-order valence-corrected chi connectivity index (χ4v) is 1.73. The summed E-state index contributed by atoms with van der Waals surface area (Å²) >= 11 is 0. The van der Waals surface area contributed by atoms with E-state index in [1.165, 1.54) is 5.56 Å². The lowest BCUT2D eigenvalue weighted by atomic mass is 9.85. The van der Waals surface area contributed by atoms with E-state index >= 15 is 0 Å². The van der Waals surface area contributed by atoms with Gasteiger partial charge < -0.3 is 5.73 Å². The highest BCUT2D eigenvalue weighted by Crippen LogP contribution is 2.34. The Balaban J connectivity index is 3.34. The van der Waals surface area contributed by atoms with E-state index in [0.29, 0.717) is 0 Å². The third-order valence-corrected chi connectivity index (χ3v) is 3.56. The lowest BCUT2D eigenvalue weighted by molar-refractivity contribution is 0.587. The van der Waals surface area contributed by atoms with Crippen molar-refractivity contribution in [2.45, 2.75) is 60.8 Å². The third kappa shape index (κ3) is 3.82. The SMILES string of the molecule is CC(=Nc1c(C)cc(C(C)(C)C)cc1N)C(C)(C)C. The van der Waals surface area contributed by atoms with Crippen molar-refractivity contribution in [2.75, 3.05) is 5.73 Å². The molecule has 0 heterocycles. The highest BCUT2D eigenvalue weighted by atomic mass is 14.8. The lowest BCUT2D eigenvalue weighted by Crippen LogP contribution is -2.16. The van der Waals surface area contributed by atoms with E-state index in [2.05, 4.69) is 67.5 Å². The number of nitrogens with zero attached hydrogens (tertiary/aromatic N) is 1. The van der Waals surface area contributed by atoms with Gasteiger partial charge in [0.1, 0.15) is 0 Å². The Hall–Kier alpha value is -1.31. The summed E-state index contributed by atoms with van der Waals surface area (Å²) in [6.45, 7) is 17.2. The van der Waals surface area contributed by atoms with Crippen molar-refractivity contribution in [3.63, 3.8) is 0 Å². The van der Waals surface area contributed by atoms with Crippen LogP contribution in [0.1, 0.15) is 59.6 Å². The number of rotatable bonds is 1. The van der Waals surface area contributed by atoms with Gasteiger partial charge in [-0.05, 0) is 41.9 Å². The molecule has 0 unspecified atom stereocenters. The molecule has 0 aromatic heterocycles. The zero-order valence-electron chi connectivity index (χ0n) is 13.7. The minimum absolute atomic E-state index is 0.0710. The van der Waals surface area contributed by atoms with Crippen LogP contribution in [-0.4, -0.2) is 5.71 Å². The highest BCUT2D eigenvalue weighted by Gasteiger charge is 2.18. The Bertz CT molecular complexity index is 474. The predicted octanol–water partition coefficient (Wildman–Crippen LogP) is 5.01. The summed E-state index contributed by atoms with van der Waals surface area (Å²) in [7, 11) is 0. The van der Waals surface area contributed by atoms with E-state index in [1.54, 1.807) is 0 Å². The molecule has 0 bridgehead atoms. The van der Waals surface area contributed by atoms with E-state index in [1.807, 2.05) is 0 Å². The van der Waals surface area contributed by atoms with E-state index in [9.17, 15) is 0 Å². The number of aryl methyl sites for hydroxylation is 1. The fourth-order valence-electron chi connectivity index (χ4n) is 1.73. The highest BCUT2D eigenvalue weighted by molar-refractivity contribution is 5.91. The molecule has 0 radical (unpaired) electrons. The van der Waals surface area contributed by atoms with Crippen LogP contribution in [-0.2, 0) is 5.41 Å². The van der Waals surface area contributed by atoms with E-state index in [0.717, 1.165) is 22.6 Å². The molecule has 0 atom stereocenters. The van der Waals surface area contributed by atoms with Crippen molar-refractivity contribution in [1.29, 1.82) is 0 Å². The maximum Gasteiger partial charge on any atom is 0.0887 e. The molecule has 1 aromatic rings. The van der Waals surface area contributed by atoms with Gasteiger partial charge in [-0.3, -0.25) is 4.99 Å². The molecule has 0 aliphatic carbocycles. The number of benzene rings is 1. The van der Waals surface area contributed by atoms with Crippen LogP contribution in [0.25, 0.3) is 0 Å². The van der Waals surface area contributed by atoms with Gasteiger partial charge in [-0.15, -0.1) is 0 Å². The minimum atomic E-state index is 0.0710. The Morgan fingerprint density at radius 1 is 1.05 bits per heavy atom. The molecule has 0 fully saturated rings. The molecule has 0 aliphatic rings. The smallest absolute Gasteiger partial charge is 0.0887 e. The van der Waals surface area contributed by atoms with Gasteiger partial charge in [0.05, 0.1) is 11.4 Å². The molecule has 0 aliphatic heterocycles. The zero-order valence-corrected chi connectivity index (χ0v) is 13.7. The van der Waals surface area contributed by atoms with Gasteiger partial charge in [0, 0.05) is 5.71 Å². The minimum Gasteiger partial charge on any atom is -0.397 e. The van der Waals surface area contributed by atoms with Crippen LogP contribution in [0.4, 0.5) is 11.4 Å². The second-order valence-corrected chi connectivity index (χ2v) is 7.43. The average molecular weight is 260 g/mol. The van der Waals surface area contributed by atoms with Crippen LogP contribution in [0, 0.1) is 12.3 Å². The Morgan fingerprint density at radius 3 is 1.95 bits per heavy atom. The van der Waals surface area contributed by atoms with Crippen LogP contribution >= 0.6 is 0 Å². The second kappa shape index (κ2) is 4.99. The maximum absolute atomic E-state index is 6.20. The van der Waals surface area contributed by atoms with Crippen molar-refractivity contribution in [3.8, 4) is 0 Å². The van der Waals surface area contributed by atoms with Crippen molar-refractivity contribution in [3.05, 3.63) is 23.3 Å². The first kappa shape index (κ1) is 15.7. The molecular weight excluding hydrogens is 232 g/mol. The number of nitrogen functional groups attached to an aromatic ring is 1. The summed E-state index contributed by atoms with van der Waals surface area (Å²) in [5.41, 5.74) is 11.6. The van der Waals surface area contributed by atoms with Crippen molar-refractivity contribution >= 4 is 17.1 Å². The van der Waals surface area contributed by atoms with Crippen LogP contribution < -0.4 is 5.73 Å². The lowest BCUT2D eigenvalue weighted by Gasteiger charge is -2.22. The summed E-state index contributed by atoms with van der Waals surface area (Å²) in [6.07, 6.45) is 0. The van der Waals surface area contributed by atoms with Crippen LogP contribution in [0.5, 0.6) is 0 Å². The van der Waals surface area contributed by atoms with Crippen molar-refractivity contribution in [1.82, 2.24) is 0 Å². The van der Waals surface area contributed by atoms with Crippen LogP contribution in [0.15, 0.2) is 17.1 Å². The Labute approximate surface area is 118 Å². The van der Waals surface area contributed by atoms with E-state index in [4.69, 9.17) is 10.7 Å². The molecule has 2 nitrogen and oxygen atoms in total. The number of nitrogens with two attached hydrogens (primary N) is 1. The molecule has 106 valence electrons. The summed E-state index contributed by atoms with van der Waals surface area (Å²) in [5.74, 6) is 0. The quantitative estimate of drug-likeness (QED) is 0.559. The second-order valence-electron chi connectivity index (χ2n) is 7.43. The summed E-state index contributed by atoms with van der Waals surface area (Å²) in [4.78, 5) is 4.74. The number of hydrogen-bond acceptors (Lipinski definition) is 2. The first-order valence-corrected chi connectivity index (χ1v) is 6.89. The zero-order chi connectivity index (χ0) is 15.0. The van der Waals surface area contributed by atoms with Crippen LogP contribution in [0.2, 0.25) is 0 Å². The maximum atomic E-state index is 6.20. The number of aliphatic imine (C=N–C) groups is 1. The van der Waals surface area contributed by atoms with Crippen molar-refractivity contribution in [2.24, 2.45) is 10.4 Å². The molecule has 19 heavy (non-hydrogen) atoms. The fraction of sp³-hybridized carbons (Fsp3) is 0.588. The van der Waals surface area contributed by atoms with Gasteiger partial charge in [0.2, 0.25) is 0 Å². The summed E-state index contributed by atoms with van der Waals surface area (Å²) in [6, 6.07) is 4.26. The molecule has 0 amide bonds. The molecule has 2 heteroatoms. The van der Waals surface area contributed by atoms with Gasteiger partial charge in [0.15, 0.2) is 0 Å². The number of hydrogen-bond donors (Lipinski definition) is 1. The van der Waals surface area contributed by atoms with Crippen molar-refractivity contribution < 1.29 is 0 Å². The molecule has 0 saturated carbocycles. The normalized spacial score (nSPS) is 13.8. The first-order chi connectivity index (χ1) is 8.43. The molecule has 1 aromatic carbocycles. The molecular formula is C17H28N2.